The third-order valence-corrected chi connectivity index (χ3v) is 4.16. The molecule has 2 heterocycles. The normalized spacial score (nSPS) is 16.7. The lowest BCUT2D eigenvalue weighted by Gasteiger charge is -2.41. The van der Waals surface area contributed by atoms with Crippen LogP contribution >= 0.6 is 0 Å². The van der Waals surface area contributed by atoms with Crippen LogP contribution < -0.4 is 9.22 Å². The van der Waals surface area contributed by atoms with Crippen LogP contribution in [0.3, 0.4) is 0 Å². The van der Waals surface area contributed by atoms with Crippen molar-refractivity contribution in [1.82, 2.24) is 14.4 Å². The van der Waals surface area contributed by atoms with E-state index in [1.165, 1.54) is 0 Å². The number of rotatable bonds is 4. The minimum atomic E-state index is -5.08. The molecule has 1 fully saturated rings. The molecule has 0 saturated carbocycles. The smallest absolute Gasteiger partial charge is 0.484 e. The van der Waals surface area contributed by atoms with Gasteiger partial charge in [-0.05, 0) is 39.3 Å². The van der Waals surface area contributed by atoms with Gasteiger partial charge in [-0.1, -0.05) is 0 Å². The van der Waals surface area contributed by atoms with Crippen molar-refractivity contribution in [3.8, 4) is 5.75 Å². The SMILES string of the molecule is CC(C)(C)OC(=O)N1CC[C@H]1COc1cccnc1[N+](C)(C)C.O=[S](=O)C(F)(F)F. The van der Waals surface area contributed by atoms with Crippen LogP contribution in [0, 0.1) is 0 Å². The minimum absolute atomic E-state index is 0.0605. The van der Waals surface area contributed by atoms with Crippen LogP contribution in [0.2, 0.25) is 0 Å². The average molecular weight is 455 g/mol. The molecule has 1 amide bonds. The second-order valence-electron chi connectivity index (χ2n) is 8.45. The standard InChI is InChI=1S/C17H28N3O3.CF3O2S/c1-17(2,3)23-16(21)19-11-9-13(19)12-22-14-8-7-10-18-15(14)20(4,5)6;2-1(3,4)7(5)6/h7-8,10,13H,9,11-12H2,1-6H3;/q+1;/t13-;/m0./s1. The summed E-state index contributed by atoms with van der Waals surface area (Å²) in [5, 5.41) is 0. The molecular weight excluding hydrogens is 427 g/mol. The van der Waals surface area contributed by atoms with Gasteiger partial charge in [0, 0.05) is 12.7 Å². The Kier molecular flexibility index (Phi) is 8.38. The maximum Gasteiger partial charge on any atom is 0.523 e. The van der Waals surface area contributed by atoms with E-state index in [-0.39, 0.29) is 12.1 Å². The first-order valence-electron chi connectivity index (χ1n) is 9.08. The number of quaternary nitrogens is 1. The number of carbonyl (C=O) groups is 1. The van der Waals surface area contributed by atoms with Gasteiger partial charge >= 0.3 is 11.6 Å². The molecule has 12 heteroatoms. The first-order valence-corrected chi connectivity index (χ1v) is 10.2. The van der Waals surface area contributed by atoms with Gasteiger partial charge in [0.15, 0.2) is 0 Å². The van der Waals surface area contributed by atoms with Crippen LogP contribution in [0.25, 0.3) is 0 Å². The fraction of sp³-hybridized carbons (Fsp3) is 0.667. The number of likely N-dealkylation sites (tertiary alicyclic amines) is 1. The molecule has 0 aromatic carbocycles. The highest BCUT2D eigenvalue weighted by molar-refractivity contribution is 7.73. The van der Waals surface area contributed by atoms with Gasteiger partial charge in [-0.2, -0.15) is 21.6 Å². The van der Waals surface area contributed by atoms with Gasteiger partial charge in [-0.25, -0.2) is 9.78 Å². The van der Waals surface area contributed by atoms with E-state index in [2.05, 4.69) is 4.98 Å². The molecule has 1 saturated heterocycles. The number of alkyl halides is 3. The van der Waals surface area contributed by atoms with Gasteiger partial charge in [0.25, 0.3) is 16.5 Å². The topological polar surface area (TPSA) is 85.8 Å². The molecule has 0 bridgehead atoms. The molecular formula is C18H28F3N3O5S+. The Morgan fingerprint density at radius 3 is 2.23 bits per heavy atom. The first kappa shape index (κ1) is 25.8. The maximum atomic E-state index is 12.1. The van der Waals surface area contributed by atoms with Crippen LogP contribution in [0.1, 0.15) is 27.2 Å². The molecule has 0 aliphatic carbocycles. The molecule has 1 atom stereocenters. The van der Waals surface area contributed by atoms with Gasteiger partial charge < -0.3 is 14.4 Å². The van der Waals surface area contributed by atoms with Crippen LogP contribution in [0.15, 0.2) is 18.3 Å². The highest BCUT2D eigenvalue weighted by Gasteiger charge is 2.36. The number of hydrogen-bond donors (Lipinski definition) is 0. The Hall–Kier alpha value is -2.21. The predicted molar refractivity (Wildman–Crippen MR) is 106 cm³/mol. The number of ether oxygens (including phenoxy) is 2. The third kappa shape index (κ3) is 8.27. The van der Waals surface area contributed by atoms with Gasteiger partial charge in [0.1, 0.15) is 12.2 Å². The number of aromatic nitrogens is 1. The van der Waals surface area contributed by atoms with Crippen molar-refractivity contribution < 1.29 is 35.9 Å². The summed E-state index contributed by atoms with van der Waals surface area (Å²) in [6.07, 6.45) is 2.43. The molecule has 1 radical (unpaired) electrons. The largest absolute Gasteiger partial charge is 0.523 e. The summed E-state index contributed by atoms with van der Waals surface area (Å²) in [5.41, 5.74) is -5.56. The number of hydrogen-bond acceptors (Lipinski definition) is 6. The van der Waals surface area contributed by atoms with Crippen LogP contribution in [-0.4, -0.2) is 75.8 Å². The molecule has 171 valence electrons. The molecule has 1 aromatic heterocycles. The van der Waals surface area contributed by atoms with Crippen molar-refractivity contribution in [2.24, 2.45) is 0 Å². The Morgan fingerprint density at radius 1 is 1.27 bits per heavy atom. The number of carbonyl (C=O) groups excluding carboxylic acids is 1. The Labute approximate surface area is 176 Å². The van der Waals surface area contributed by atoms with E-state index >= 15 is 0 Å². The van der Waals surface area contributed by atoms with E-state index in [0.717, 1.165) is 24.5 Å². The third-order valence-electron chi connectivity index (χ3n) is 3.78. The number of halogens is 3. The van der Waals surface area contributed by atoms with E-state index in [1.54, 1.807) is 11.1 Å². The lowest BCUT2D eigenvalue weighted by atomic mass is 10.1. The minimum Gasteiger partial charge on any atom is -0.484 e. The van der Waals surface area contributed by atoms with Crippen molar-refractivity contribution >= 4 is 22.6 Å². The zero-order valence-corrected chi connectivity index (χ0v) is 18.7. The molecule has 0 unspecified atom stereocenters. The van der Waals surface area contributed by atoms with E-state index in [0.29, 0.717) is 11.1 Å². The van der Waals surface area contributed by atoms with E-state index in [9.17, 15) is 18.0 Å². The van der Waals surface area contributed by atoms with Crippen molar-refractivity contribution in [2.75, 3.05) is 34.3 Å². The summed E-state index contributed by atoms with van der Waals surface area (Å²) in [7, 11) is 2.21. The summed E-state index contributed by atoms with van der Waals surface area (Å²) in [5.74, 6) is 1.63. The Bertz CT molecular complexity index is 793. The van der Waals surface area contributed by atoms with E-state index in [4.69, 9.17) is 17.9 Å². The first-order chi connectivity index (χ1) is 13.5. The molecule has 8 nitrogen and oxygen atoms in total. The Morgan fingerprint density at radius 2 is 1.83 bits per heavy atom. The van der Waals surface area contributed by atoms with Crippen LogP contribution in [0.4, 0.5) is 23.8 Å². The Balaban J connectivity index is 0.000000553. The molecule has 30 heavy (non-hydrogen) atoms. The second-order valence-corrected chi connectivity index (χ2v) is 9.38. The van der Waals surface area contributed by atoms with E-state index in [1.807, 2.05) is 54.0 Å². The second kappa shape index (κ2) is 9.73. The van der Waals surface area contributed by atoms with Crippen molar-refractivity contribution in [3.05, 3.63) is 18.3 Å². The predicted octanol–water partition coefficient (Wildman–Crippen LogP) is 3.05. The lowest BCUT2D eigenvalue weighted by molar-refractivity contribution is -0.0399. The summed E-state index contributed by atoms with van der Waals surface area (Å²) in [4.78, 5) is 18.3. The number of amides is 1. The molecule has 2 rings (SSSR count). The van der Waals surface area contributed by atoms with Crippen molar-refractivity contribution in [2.45, 2.75) is 44.3 Å². The van der Waals surface area contributed by atoms with Gasteiger partial charge in [-0.3, -0.25) is 4.48 Å². The zero-order valence-electron chi connectivity index (χ0n) is 17.9. The monoisotopic (exact) mass is 455 g/mol. The van der Waals surface area contributed by atoms with Gasteiger partial charge in [-0.15, -0.1) is 0 Å². The quantitative estimate of drug-likeness (QED) is 0.649. The highest BCUT2D eigenvalue weighted by atomic mass is 32.2. The number of nitrogens with zero attached hydrogens (tertiary/aromatic N) is 3. The summed E-state index contributed by atoms with van der Waals surface area (Å²) < 4.78 is 61.4. The van der Waals surface area contributed by atoms with Crippen LogP contribution in [0.5, 0.6) is 5.75 Å². The molecule has 1 aliphatic rings. The average Bonchev–Trinajstić information content (AvgIpc) is 2.51. The zero-order chi connectivity index (χ0) is 23.3. The lowest BCUT2D eigenvalue weighted by Crippen LogP contribution is -2.55. The molecule has 1 aromatic rings. The summed E-state index contributed by atoms with van der Waals surface area (Å²) in [6, 6.07) is 3.84. The van der Waals surface area contributed by atoms with Gasteiger partial charge in [0.05, 0.1) is 27.2 Å². The number of pyridine rings is 1. The van der Waals surface area contributed by atoms with Gasteiger partial charge in [0.2, 0.25) is 5.75 Å². The van der Waals surface area contributed by atoms with Crippen LogP contribution in [-0.2, 0) is 15.4 Å². The van der Waals surface area contributed by atoms with E-state index < -0.39 is 21.8 Å². The highest BCUT2D eigenvalue weighted by Crippen LogP contribution is 2.29. The fourth-order valence-corrected chi connectivity index (χ4v) is 2.36. The maximum absolute atomic E-state index is 12.1. The van der Waals surface area contributed by atoms with Crippen molar-refractivity contribution in [3.63, 3.8) is 0 Å². The molecule has 1 aliphatic heterocycles. The fourth-order valence-electron chi connectivity index (χ4n) is 2.36. The van der Waals surface area contributed by atoms with Crippen molar-refractivity contribution in [1.29, 1.82) is 0 Å². The summed E-state index contributed by atoms with van der Waals surface area (Å²) in [6.45, 7) is 6.80. The molecule has 0 N–H and O–H groups in total. The molecule has 0 spiro atoms. The summed E-state index contributed by atoms with van der Waals surface area (Å²) >= 11 is 0.